The van der Waals surface area contributed by atoms with E-state index < -0.39 is 17.6 Å². The summed E-state index contributed by atoms with van der Waals surface area (Å²) in [5.74, 6) is -1.59. The van der Waals surface area contributed by atoms with Gasteiger partial charge in [0.15, 0.2) is 0 Å². The van der Waals surface area contributed by atoms with Gasteiger partial charge in [0.1, 0.15) is 29.1 Å². The first-order valence-electron chi connectivity index (χ1n) is 14.2. The van der Waals surface area contributed by atoms with Crippen molar-refractivity contribution in [2.75, 3.05) is 6.61 Å². The van der Waals surface area contributed by atoms with Crippen LogP contribution in [0.3, 0.4) is 0 Å². The number of aromatic carboxylic acids is 1. The van der Waals surface area contributed by atoms with Crippen molar-refractivity contribution in [1.82, 2.24) is 24.5 Å². The molecule has 1 unspecified atom stereocenters. The predicted octanol–water partition coefficient (Wildman–Crippen LogP) is 6.55. The largest absolute Gasteiger partial charge is 0.478 e. The number of hydrogen-bond acceptors (Lipinski definition) is 8. The number of hydrogen-bond donors (Lipinski definition) is 1. The molecule has 2 aromatic carbocycles. The first-order chi connectivity index (χ1) is 21.9. The second-order valence-electron chi connectivity index (χ2n) is 10.5. The minimum absolute atomic E-state index is 0.00226. The molecule has 0 radical (unpaired) electrons. The van der Waals surface area contributed by atoms with E-state index in [1.807, 2.05) is 22.8 Å². The zero-order valence-electron chi connectivity index (χ0n) is 23.7. The smallest absolute Gasteiger partial charge is 0.335 e. The molecule has 1 atom stereocenters. The Hall–Kier alpha value is -5.07. The van der Waals surface area contributed by atoms with Crippen molar-refractivity contribution in [3.63, 3.8) is 0 Å². The number of pyridine rings is 2. The Morgan fingerprint density at radius 1 is 1.02 bits per heavy atom. The SMILES string of the molecule is O=C(O)c1ccc2nc(Cc3cc(F)c(-c4cccc(OCc5ncc(-c6ccccn6)s5)n4)cc3F)n(CC3CCO3)c2c1. The first-order valence-corrected chi connectivity index (χ1v) is 15.0. The van der Waals surface area contributed by atoms with Crippen molar-refractivity contribution in [1.29, 1.82) is 0 Å². The molecule has 4 aromatic heterocycles. The highest BCUT2D eigenvalue weighted by Crippen LogP contribution is 2.30. The topological polar surface area (TPSA) is 112 Å². The van der Waals surface area contributed by atoms with Crippen LogP contribution >= 0.6 is 11.3 Å². The van der Waals surface area contributed by atoms with E-state index in [2.05, 4.69) is 19.9 Å². The van der Waals surface area contributed by atoms with Gasteiger partial charge in [-0.1, -0.05) is 12.1 Å². The Kier molecular flexibility index (Phi) is 7.74. The van der Waals surface area contributed by atoms with Gasteiger partial charge in [-0.3, -0.25) is 4.98 Å². The number of carboxylic acids is 1. The molecule has 1 aliphatic heterocycles. The zero-order valence-corrected chi connectivity index (χ0v) is 24.5. The summed E-state index contributed by atoms with van der Waals surface area (Å²) in [5.41, 5.74) is 2.43. The third-order valence-corrected chi connectivity index (χ3v) is 8.55. The van der Waals surface area contributed by atoms with E-state index in [0.717, 1.165) is 34.1 Å². The van der Waals surface area contributed by atoms with E-state index >= 15 is 8.78 Å². The zero-order chi connectivity index (χ0) is 30.9. The van der Waals surface area contributed by atoms with Gasteiger partial charge in [0.05, 0.1) is 45.5 Å². The number of halogens is 2. The van der Waals surface area contributed by atoms with Crippen LogP contribution in [0.1, 0.15) is 33.2 Å². The number of carbonyl (C=O) groups is 1. The third-order valence-electron chi connectivity index (χ3n) is 7.55. The summed E-state index contributed by atoms with van der Waals surface area (Å²) in [6.07, 6.45) is 4.24. The number of nitrogens with zero attached hydrogens (tertiary/aromatic N) is 5. The lowest BCUT2D eigenvalue weighted by Gasteiger charge is -2.27. The number of thiazole rings is 1. The number of benzene rings is 2. The molecule has 12 heteroatoms. The Labute approximate surface area is 259 Å². The van der Waals surface area contributed by atoms with Crippen molar-refractivity contribution in [3.05, 3.63) is 113 Å². The number of carboxylic acid groups (broad SMARTS) is 1. The molecule has 1 aliphatic rings. The minimum Gasteiger partial charge on any atom is -0.478 e. The van der Waals surface area contributed by atoms with Gasteiger partial charge in [0, 0.05) is 37.1 Å². The molecule has 226 valence electrons. The minimum atomic E-state index is -1.06. The fourth-order valence-corrected chi connectivity index (χ4v) is 5.96. The molecule has 0 saturated carbocycles. The predicted molar refractivity (Wildman–Crippen MR) is 163 cm³/mol. The molecule has 9 nitrogen and oxygen atoms in total. The molecule has 0 aliphatic carbocycles. The van der Waals surface area contributed by atoms with Crippen molar-refractivity contribution in [2.24, 2.45) is 0 Å². The summed E-state index contributed by atoms with van der Waals surface area (Å²) in [4.78, 5) is 30.3. The summed E-state index contributed by atoms with van der Waals surface area (Å²) >= 11 is 1.45. The molecule has 5 heterocycles. The van der Waals surface area contributed by atoms with Crippen LogP contribution in [0.25, 0.3) is 32.9 Å². The van der Waals surface area contributed by atoms with Gasteiger partial charge in [-0.15, -0.1) is 11.3 Å². The monoisotopic (exact) mass is 625 g/mol. The molecule has 1 fully saturated rings. The average molecular weight is 626 g/mol. The molecule has 0 spiro atoms. The van der Waals surface area contributed by atoms with Crippen molar-refractivity contribution < 1.29 is 28.2 Å². The van der Waals surface area contributed by atoms with E-state index in [1.54, 1.807) is 42.7 Å². The number of ether oxygens (including phenoxy) is 2. The van der Waals surface area contributed by atoms with E-state index in [4.69, 9.17) is 9.47 Å². The second-order valence-corrected chi connectivity index (χ2v) is 11.6. The lowest BCUT2D eigenvalue weighted by molar-refractivity contribution is -0.0589. The van der Waals surface area contributed by atoms with Gasteiger partial charge >= 0.3 is 5.97 Å². The van der Waals surface area contributed by atoms with Crippen LogP contribution in [0.15, 0.2) is 79.1 Å². The van der Waals surface area contributed by atoms with Crippen LogP contribution in [-0.2, 0) is 24.3 Å². The van der Waals surface area contributed by atoms with Gasteiger partial charge in [-0.05, 0) is 60.5 Å². The number of aromatic nitrogens is 5. The highest BCUT2D eigenvalue weighted by Gasteiger charge is 2.24. The van der Waals surface area contributed by atoms with E-state index in [0.29, 0.717) is 30.0 Å². The van der Waals surface area contributed by atoms with Crippen molar-refractivity contribution in [2.45, 2.75) is 32.1 Å². The molecule has 7 rings (SSSR count). The number of rotatable bonds is 10. The third kappa shape index (κ3) is 6.02. The summed E-state index contributed by atoms with van der Waals surface area (Å²) < 4.78 is 44.3. The molecule has 0 amide bonds. The fourth-order valence-electron chi connectivity index (χ4n) is 5.15. The second kappa shape index (κ2) is 12.1. The standard InChI is InChI=1S/C33H25F2N5O4S/c34-23-15-22(25-5-3-6-31(39-25)44-18-32-37-16-29(45-32)27-4-1-2-10-36-27)24(35)12-20(23)14-30-38-26-8-7-19(33(41)42)13-28(26)40(30)17-21-9-11-43-21/h1-8,10,12-13,15-16,21H,9,11,14,17-18H2,(H,41,42). The van der Waals surface area contributed by atoms with Crippen LogP contribution in [0, 0.1) is 11.6 Å². The molecule has 0 bridgehead atoms. The van der Waals surface area contributed by atoms with E-state index in [-0.39, 0.29) is 47.4 Å². The Morgan fingerprint density at radius 2 is 1.89 bits per heavy atom. The quantitative estimate of drug-likeness (QED) is 0.182. The van der Waals surface area contributed by atoms with Crippen molar-refractivity contribution in [3.8, 4) is 27.7 Å². The molecule has 6 aromatic rings. The van der Waals surface area contributed by atoms with Gasteiger partial charge in [0.2, 0.25) is 5.88 Å². The normalized spacial score (nSPS) is 14.4. The average Bonchev–Trinajstić information content (AvgIpc) is 3.64. The lowest BCUT2D eigenvalue weighted by atomic mass is 10.0. The van der Waals surface area contributed by atoms with Gasteiger partial charge < -0.3 is 19.1 Å². The maximum absolute atomic E-state index is 15.5. The molecular weight excluding hydrogens is 600 g/mol. The summed E-state index contributed by atoms with van der Waals surface area (Å²) in [7, 11) is 0. The van der Waals surface area contributed by atoms with Gasteiger partial charge in [0.25, 0.3) is 0 Å². The van der Waals surface area contributed by atoms with Gasteiger partial charge in [-0.25, -0.2) is 28.5 Å². The Bertz CT molecular complexity index is 2030. The summed E-state index contributed by atoms with van der Waals surface area (Å²) in [5, 5.41) is 10.2. The van der Waals surface area contributed by atoms with Crippen LogP contribution in [-0.4, -0.2) is 48.3 Å². The number of imidazole rings is 1. The maximum atomic E-state index is 15.5. The molecular formula is C33H25F2N5O4S. The lowest BCUT2D eigenvalue weighted by Crippen LogP contribution is -2.31. The Balaban J connectivity index is 1.11. The van der Waals surface area contributed by atoms with Crippen LogP contribution in [0.2, 0.25) is 0 Å². The van der Waals surface area contributed by atoms with Gasteiger partial charge in [-0.2, -0.15) is 0 Å². The van der Waals surface area contributed by atoms with Crippen LogP contribution < -0.4 is 4.74 Å². The highest BCUT2D eigenvalue weighted by molar-refractivity contribution is 7.15. The van der Waals surface area contributed by atoms with Crippen LogP contribution in [0.5, 0.6) is 5.88 Å². The first kappa shape index (κ1) is 28.7. The fraction of sp³-hybridized carbons (Fsp3) is 0.182. The van der Waals surface area contributed by atoms with Crippen molar-refractivity contribution >= 4 is 28.3 Å². The highest BCUT2D eigenvalue weighted by atomic mass is 32.1. The maximum Gasteiger partial charge on any atom is 0.335 e. The molecule has 1 N–H and O–H groups in total. The van der Waals surface area contributed by atoms with E-state index in [9.17, 15) is 9.90 Å². The Morgan fingerprint density at radius 3 is 2.67 bits per heavy atom. The summed E-state index contributed by atoms with van der Waals surface area (Å²) in [6, 6.07) is 17.5. The molecule has 1 saturated heterocycles. The van der Waals surface area contributed by atoms with E-state index in [1.165, 1.54) is 17.4 Å². The van der Waals surface area contributed by atoms with Crippen LogP contribution in [0.4, 0.5) is 8.78 Å². The molecule has 45 heavy (non-hydrogen) atoms. The number of fused-ring (bicyclic) bond motifs is 1. The summed E-state index contributed by atoms with van der Waals surface area (Å²) in [6.45, 7) is 1.23.